The van der Waals surface area contributed by atoms with Gasteiger partial charge in [-0.1, -0.05) is 108 Å². The van der Waals surface area contributed by atoms with Crippen molar-refractivity contribution in [3.63, 3.8) is 0 Å². The Bertz CT molecular complexity index is 1170. The van der Waals surface area contributed by atoms with E-state index in [1.165, 1.54) is 0 Å². The minimum Gasteiger partial charge on any atom is -0.455 e. The molecule has 1 saturated heterocycles. The van der Waals surface area contributed by atoms with Crippen LogP contribution in [-0.2, 0) is 36.9 Å². The molecule has 0 radical (unpaired) electrons. The number of carbonyl (C=O) groups excluding carboxylic acids is 1. The van der Waals surface area contributed by atoms with Crippen LogP contribution in [0.25, 0.3) is 0 Å². The predicted molar refractivity (Wildman–Crippen MR) is 159 cm³/mol. The molecule has 1 heterocycles. The number of halogens is 1. The topological polar surface area (TPSA) is 63.2 Å². The Morgan fingerprint density at radius 3 is 1.92 bits per heavy atom. The highest BCUT2D eigenvalue weighted by molar-refractivity contribution is 14.1. The van der Waals surface area contributed by atoms with Gasteiger partial charge in [0.2, 0.25) is 0 Å². The second kappa shape index (κ2) is 14.2. The van der Waals surface area contributed by atoms with Crippen LogP contribution in [0.4, 0.5) is 0 Å². The molecular weight excluding hydrogens is 607 g/mol. The van der Waals surface area contributed by atoms with E-state index in [0.717, 1.165) is 11.1 Å². The van der Waals surface area contributed by atoms with E-state index in [1.54, 1.807) is 18.2 Å². The van der Waals surface area contributed by atoms with Crippen molar-refractivity contribution < 1.29 is 28.5 Å². The van der Waals surface area contributed by atoms with Crippen LogP contribution in [0.3, 0.4) is 0 Å². The molecule has 3 aromatic rings. The van der Waals surface area contributed by atoms with Crippen LogP contribution >= 0.6 is 22.6 Å². The van der Waals surface area contributed by atoms with Gasteiger partial charge in [-0.05, 0) is 37.1 Å². The number of benzene rings is 3. The Morgan fingerprint density at radius 1 is 0.872 bits per heavy atom. The van der Waals surface area contributed by atoms with Crippen molar-refractivity contribution in [3.05, 3.63) is 120 Å². The minimum absolute atomic E-state index is 0.318. The van der Waals surface area contributed by atoms with Crippen LogP contribution in [0, 0.1) is 0 Å². The Hall–Kier alpha value is -2.56. The maximum atomic E-state index is 13.1. The Balaban J connectivity index is 1.60. The summed E-state index contributed by atoms with van der Waals surface area (Å²) in [6.45, 7) is 8.45. The Morgan fingerprint density at radius 2 is 1.38 bits per heavy atom. The van der Waals surface area contributed by atoms with Crippen molar-refractivity contribution in [2.24, 2.45) is 0 Å². The molecule has 206 valence electrons. The fourth-order valence-corrected chi connectivity index (χ4v) is 5.22. The van der Waals surface area contributed by atoms with Gasteiger partial charge in [-0.2, -0.15) is 0 Å². The SMILES string of the molecule is C=C[C@@H](OCc1ccccc1)[C@H]1OC(C)(C)O[C@H]1[C@H](OCc1ccccc1)[C@@H](CI)OC(=O)c1ccccc1. The van der Waals surface area contributed by atoms with Gasteiger partial charge in [0.25, 0.3) is 0 Å². The number of ether oxygens (including phenoxy) is 5. The van der Waals surface area contributed by atoms with Gasteiger partial charge in [-0.15, -0.1) is 6.58 Å². The van der Waals surface area contributed by atoms with E-state index in [0.29, 0.717) is 23.2 Å². The second-order valence-corrected chi connectivity index (χ2v) is 10.7. The monoisotopic (exact) mass is 642 g/mol. The van der Waals surface area contributed by atoms with Crippen LogP contribution in [0.5, 0.6) is 0 Å². The smallest absolute Gasteiger partial charge is 0.338 e. The van der Waals surface area contributed by atoms with E-state index in [1.807, 2.05) is 92.7 Å². The minimum atomic E-state index is -0.902. The summed E-state index contributed by atoms with van der Waals surface area (Å²) in [5, 5.41) is 0. The first kappa shape index (κ1) is 29.4. The highest BCUT2D eigenvalue weighted by Crippen LogP contribution is 2.36. The van der Waals surface area contributed by atoms with E-state index in [9.17, 15) is 4.79 Å². The zero-order valence-corrected chi connectivity index (χ0v) is 24.4. The average molecular weight is 643 g/mol. The average Bonchev–Trinajstić information content (AvgIpc) is 3.29. The largest absolute Gasteiger partial charge is 0.455 e. The van der Waals surface area contributed by atoms with Gasteiger partial charge in [0.15, 0.2) is 5.79 Å². The normalized spacial score (nSPS) is 20.6. The van der Waals surface area contributed by atoms with Crippen molar-refractivity contribution >= 4 is 28.6 Å². The first-order valence-corrected chi connectivity index (χ1v) is 14.5. The lowest BCUT2D eigenvalue weighted by molar-refractivity contribution is -0.172. The van der Waals surface area contributed by atoms with Crippen LogP contribution in [-0.4, -0.2) is 46.7 Å². The molecule has 0 unspecified atom stereocenters. The van der Waals surface area contributed by atoms with Crippen LogP contribution < -0.4 is 0 Å². The van der Waals surface area contributed by atoms with Crippen LogP contribution in [0.1, 0.15) is 35.3 Å². The van der Waals surface area contributed by atoms with E-state index in [2.05, 4.69) is 29.2 Å². The lowest BCUT2D eigenvalue weighted by Gasteiger charge is -2.34. The molecule has 39 heavy (non-hydrogen) atoms. The van der Waals surface area contributed by atoms with Crippen molar-refractivity contribution in [1.82, 2.24) is 0 Å². The fourth-order valence-electron chi connectivity index (χ4n) is 4.54. The van der Waals surface area contributed by atoms with Gasteiger partial charge < -0.3 is 23.7 Å². The molecule has 6 nitrogen and oxygen atoms in total. The molecule has 3 aromatic carbocycles. The highest BCUT2D eigenvalue weighted by Gasteiger charge is 2.51. The number of rotatable bonds is 13. The predicted octanol–water partition coefficient (Wildman–Crippen LogP) is 6.52. The number of esters is 1. The summed E-state index contributed by atoms with van der Waals surface area (Å²) in [6.07, 6.45) is -1.13. The van der Waals surface area contributed by atoms with Crippen molar-refractivity contribution in [2.75, 3.05) is 4.43 Å². The molecule has 0 amide bonds. The molecule has 0 spiro atoms. The van der Waals surface area contributed by atoms with E-state index in [-0.39, 0.29) is 0 Å². The highest BCUT2D eigenvalue weighted by atomic mass is 127. The molecule has 1 aliphatic rings. The molecule has 4 rings (SSSR count). The summed E-state index contributed by atoms with van der Waals surface area (Å²) in [5.74, 6) is -1.32. The zero-order chi connectivity index (χ0) is 27.7. The molecule has 7 heteroatoms. The van der Waals surface area contributed by atoms with Gasteiger partial charge in [-0.25, -0.2) is 4.79 Å². The summed E-state index contributed by atoms with van der Waals surface area (Å²) in [5.41, 5.74) is 2.52. The first-order chi connectivity index (χ1) is 18.9. The molecule has 1 fully saturated rings. The van der Waals surface area contributed by atoms with Crippen molar-refractivity contribution in [2.45, 2.75) is 63.4 Å². The number of hydrogen-bond donors (Lipinski definition) is 0. The first-order valence-electron chi connectivity index (χ1n) is 13.0. The summed E-state index contributed by atoms with van der Waals surface area (Å²) < 4.78 is 32.1. The van der Waals surface area contributed by atoms with Crippen molar-refractivity contribution in [3.8, 4) is 0 Å². The van der Waals surface area contributed by atoms with Crippen LogP contribution in [0.15, 0.2) is 104 Å². The molecular formula is C32H35IO6. The summed E-state index contributed by atoms with van der Waals surface area (Å²) >= 11 is 2.22. The third-order valence-electron chi connectivity index (χ3n) is 6.40. The number of alkyl halides is 1. The van der Waals surface area contributed by atoms with E-state index < -0.39 is 42.3 Å². The van der Waals surface area contributed by atoms with Gasteiger partial charge in [0.1, 0.15) is 30.5 Å². The Kier molecular flexibility index (Phi) is 10.7. The summed E-state index contributed by atoms with van der Waals surface area (Å²) in [4.78, 5) is 13.1. The molecule has 0 bridgehead atoms. The molecule has 0 N–H and O–H groups in total. The van der Waals surface area contributed by atoms with Crippen molar-refractivity contribution in [1.29, 1.82) is 0 Å². The molecule has 0 saturated carbocycles. The molecule has 0 aliphatic carbocycles. The quantitative estimate of drug-likeness (QED) is 0.0916. The molecule has 5 atom stereocenters. The van der Waals surface area contributed by atoms with Gasteiger partial charge >= 0.3 is 5.97 Å². The number of carbonyl (C=O) groups is 1. The van der Waals surface area contributed by atoms with E-state index >= 15 is 0 Å². The second-order valence-electron chi connectivity index (χ2n) is 9.79. The van der Waals surface area contributed by atoms with Gasteiger partial charge in [0, 0.05) is 4.43 Å². The van der Waals surface area contributed by atoms with Crippen LogP contribution in [0.2, 0.25) is 0 Å². The maximum Gasteiger partial charge on any atom is 0.338 e. The Labute approximate surface area is 244 Å². The standard InChI is InChI=1S/C32H35IO6/c1-4-26(35-21-23-14-8-5-9-15-23)29-30(39-32(2,3)38-29)28(36-22-24-16-10-6-11-17-24)27(20-33)37-31(34)25-18-12-7-13-19-25/h4-19,26-30H,1,20-22H2,2-3H3/t26-,27-,28-,29-,30+/m1/s1. The maximum absolute atomic E-state index is 13.1. The zero-order valence-electron chi connectivity index (χ0n) is 22.3. The lowest BCUT2D eigenvalue weighted by Crippen LogP contribution is -2.50. The summed E-state index contributed by atoms with van der Waals surface area (Å²) in [6, 6.07) is 28.8. The van der Waals surface area contributed by atoms with Gasteiger partial charge in [0.05, 0.1) is 18.8 Å². The fraction of sp³-hybridized carbons (Fsp3) is 0.344. The third-order valence-corrected chi connectivity index (χ3v) is 7.27. The third kappa shape index (κ3) is 8.22. The molecule has 1 aliphatic heterocycles. The van der Waals surface area contributed by atoms with E-state index in [4.69, 9.17) is 23.7 Å². The number of hydrogen-bond acceptors (Lipinski definition) is 6. The molecule has 0 aromatic heterocycles. The summed E-state index contributed by atoms with van der Waals surface area (Å²) in [7, 11) is 0. The van der Waals surface area contributed by atoms with Gasteiger partial charge in [-0.3, -0.25) is 0 Å². The lowest BCUT2D eigenvalue weighted by atomic mass is 9.99.